The van der Waals surface area contributed by atoms with Gasteiger partial charge in [-0.1, -0.05) is 39.8 Å². The number of benzene rings is 1. The molecule has 2 rings (SSSR count). The minimum absolute atomic E-state index is 0.0296. The quantitative estimate of drug-likeness (QED) is 0.866. The third kappa shape index (κ3) is 3.95. The molecule has 1 N–H and O–H groups in total. The first-order valence-corrected chi connectivity index (χ1v) is 7.81. The van der Waals surface area contributed by atoms with Gasteiger partial charge in [-0.25, -0.2) is 4.79 Å². The van der Waals surface area contributed by atoms with E-state index in [4.69, 9.17) is 14.3 Å². The van der Waals surface area contributed by atoms with E-state index in [1.54, 1.807) is 6.92 Å². The smallest absolute Gasteiger partial charge is 0.371 e. The fourth-order valence-electron chi connectivity index (χ4n) is 2.43. The average molecular weight is 316 g/mol. The van der Waals surface area contributed by atoms with Crippen LogP contribution in [-0.4, -0.2) is 11.1 Å². The molecule has 1 aromatic carbocycles. The molecule has 0 atom stereocenters. The van der Waals surface area contributed by atoms with Gasteiger partial charge in [0.15, 0.2) is 0 Å². The van der Waals surface area contributed by atoms with Gasteiger partial charge in [-0.3, -0.25) is 0 Å². The molecule has 4 nitrogen and oxygen atoms in total. The Labute approximate surface area is 137 Å². The topological polar surface area (TPSA) is 59.7 Å². The van der Waals surface area contributed by atoms with Crippen molar-refractivity contribution < 1.29 is 19.1 Å². The summed E-state index contributed by atoms with van der Waals surface area (Å²) in [5.74, 6) is 0.276. The second-order valence-electron chi connectivity index (χ2n) is 6.72. The van der Waals surface area contributed by atoms with Crippen LogP contribution in [0.15, 0.2) is 28.7 Å². The molecular weight excluding hydrogens is 292 g/mol. The van der Waals surface area contributed by atoms with Gasteiger partial charge in [0.25, 0.3) is 0 Å². The van der Waals surface area contributed by atoms with Gasteiger partial charge in [0.05, 0.1) is 0 Å². The van der Waals surface area contributed by atoms with E-state index < -0.39 is 5.97 Å². The fourth-order valence-corrected chi connectivity index (χ4v) is 2.43. The monoisotopic (exact) mass is 316 g/mol. The van der Waals surface area contributed by atoms with Crippen molar-refractivity contribution >= 4 is 5.97 Å². The molecule has 0 bridgehead atoms. The third-order valence-electron chi connectivity index (χ3n) is 3.87. The summed E-state index contributed by atoms with van der Waals surface area (Å²) in [5.41, 5.74) is 3.14. The van der Waals surface area contributed by atoms with Crippen LogP contribution in [0.1, 0.15) is 60.7 Å². The van der Waals surface area contributed by atoms with Crippen molar-refractivity contribution in [2.24, 2.45) is 0 Å². The van der Waals surface area contributed by atoms with E-state index in [1.165, 1.54) is 11.6 Å². The predicted octanol–water partition coefficient (Wildman–Crippen LogP) is 4.73. The van der Waals surface area contributed by atoms with Crippen molar-refractivity contribution in [3.63, 3.8) is 0 Å². The van der Waals surface area contributed by atoms with Crippen molar-refractivity contribution in [1.82, 2.24) is 0 Å². The van der Waals surface area contributed by atoms with Crippen molar-refractivity contribution in [3.8, 4) is 5.75 Å². The van der Waals surface area contributed by atoms with Crippen LogP contribution < -0.4 is 4.74 Å². The van der Waals surface area contributed by atoms with Crippen molar-refractivity contribution in [3.05, 3.63) is 52.5 Å². The molecule has 4 heteroatoms. The lowest BCUT2D eigenvalue weighted by Crippen LogP contribution is -2.14. The van der Waals surface area contributed by atoms with E-state index >= 15 is 0 Å². The van der Waals surface area contributed by atoms with E-state index in [1.807, 2.05) is 6.07 Å². The zero-order valence-corrected chi connectivity index (χ0v) is 14.4. The summed E-state index contributed by atoms with van der Waals surface area (Å²) in [6, 6.07) is 7.76. The van der Waals surface area contributed by atoms with Gasteiger partial charge >= 0.3 is 5.97 Å². The van der Waals surface area contributed by atoms with Crippen LogP contribution in [0.2, 0.25) is 0 Å². The van der Waals surface area contributed by atoms with Crippen LogP contribution >= 0.6 is 0 Å². The summed E-state index contributed by atoms with van der Waals surface area (Å²) in [6.07, 6.45) is 0.978. The van der Waals surface area contributed by atoms with Gasteiger partial charge < -0.3 is 14.3 Å². The van der Waals surface area contributed by atoms with Crippen molar-refractivity contribution in [1.29, 1.82) is 0 Å². The molecule has 0 amide bonds. The Hall–Kier alpha value is -2.23. The summed E-state index contributed by atoms with van der Waals surface area (Å²) in [6.45, 7) is 10.6. The minimum Gasteiger partial charge on any atom is -0.488 e. The molecule has 0 unspecified atom stereocenters. The lowest BCUT2D eigenvalue weighted by Gasteiger charge is -2.23. The Morgan fingerprint density at radius 1 is 1.26 bits per heavy atom. The molecule has 23 heavy (non-hydrogen) atoms. The number of carbonyl (C=O) groups is 1. The van der Waals surface area contributed by atoms with Crippen LogP contribution in [-0.2, 0) is 18.4 Å². The second kappa shape index (κ2) is 6.49. The van der Waals surface area contributed by atoms with Gasteiger partial charge in [0, 0.05) is 5.56 Å². The maximum absolute atomic E-state index is 11.0. The second-order valence-corrected chi connectivity index (χ2v) is 6.72. The molecule has 0 saturated carbocycles. The van der Waals surface area contributed by atoms with Crippen molar-refractivity contribution in [2.45, 2.75) is 53.1 Å². The highest BCUT2D eigenvalue weighted by Crippen LogP contribution is 2.33. The normalized spacial score (nSPS) is 11.5. The number of carboxylic acids is 1. The summed E-state index contributed by atoms with van der Waals surface area (Å²) < 4.78 is 11.2. The van der Waals surface area contributed by atoms with Crippen LogP contribution in [0.25, 0.3) is 0 Å². The average Bonchev–Trinajstić information content (AvgIpc) is 2.85. The molecule has 0 aliphatic heterocycles. The molecule has 124 valence electrons. The first-order chi connectivity index (χ1) is 10.7. The lowest BCUT2D eigenvalue weighted by molar-refractivity contribution is 0.0661. The Bertz CT molecular complexity index is 705. The van der Waals surface area contributed by atoms with E-state index in [9.17, 15) is 4.79 Å². The molecule has 0 aliphatic carbocycles. The number of hydrogen-bond acceptors (Lipinski definition) is 3. The highest BCUT2D eigenvalue weighted by molar-refractivity contribution is 5.84. The predicted molar refractivity (Wildman–Crippen MR) is 89.3 cm³/mol. The summed E-state index contributed by atoms with van der Waals surface area (Å²) >= 11 is 0. The zero-order chi connectivity index (χ0) is 17.2. The third-order valence-corrected chi connectivity index (χ3v) is 3.87. The Morgan fingerprint density at radius 2 is 1.96 bits per heavy atom. The van der Waals surface area contributed by atoms with Gasteiger partial charge in [-0.15, -0.1) is 0 Å². The first-order valence-electron chi connectivity index (χ1n) is 7.81. The summed E-state index contributed by atoms with van der Waals surface area (Å²) in [5, 5.41) is 8.98. The van der Waals surface area contributed by atoms with Crippen LogP contribution in [0, 0.1) is 6.92 Å². The van der Waals surface area contributed by atoms with E-state index in [-0.39, 0.29) is 17.8 Å². The molecule has 2 aromatic rings. The molecule has 0 saturated heterocycles. The first kappa shape index (κ1) is 17.1. The minimum atomic E-state index is -1.07. The van der Waals surface area contributed by atoms with Crippen molar-refractivity contribution in [2.75, 3.05) is 0 Å². The van der Waals surface area contributed by atoms with Gasteiger partial charge in [0.1, 0.15) is 18.1 Å². The number of aromatic carboxylic acids is 1. The van der Waals surface area contributed by atoms with Gasteiger partial charge in [-0.2, -0.15) is 0 Å². The van der Waals surface area contributed by atoms with Gasteiger partial charge in [-0.05, 0) is 42.0 Å². The SMILES string of the molecule is CCc1ccc(OCc2cc(C(=O)O)oc2C)c(C(C)(C)C)c1. The molecule has 0 radical (unpaired) electrons. The summed E-state index contributed by atoms with van der Waals surface area (Å²) in [7, 11) is 0. The fraction of sp³-hybridized carbons (Fsp3) is 0.421. The molecule has 1 heterocycles. The number of rotatable bonds is 5. The molecule has 0 aliphatic rings. The van der Waals surface area contributed by atoms with Crippen LogP contribution in [0.3, 0.4) is 0 Å². The maximum atomic E-state index is 11.0. The number of ether oxygens (including phenoxy) is 1. The number of carboxylic acid groups (broad SMARTS) is 1. The van der Waals surface area contributed by atoms with Crippen LogP contribution in [0.5, 0.6) is 5.75 Å². The zero-order valence-electron chi connectivity index (χ0n) is 14.4. The van der Waals surface area contributed by atoms with Crippen LogP contribution in [0.4, 0.5) is 0 Å². The Kier molecular flexibility index (Phi) is 4.83. The maximum Gasteiger partial charge on any atom is 0.371 e. The van der Waals surface area contributed by atoms with E-state index in [2.05, 4.69) is 39.8 Å². The largest absolute Gasteiger partial charge is 0.488 e. The number of furan rings is 1. The number of hydrogen-bond donors (Lipinski definition) is 1. The highest BCUT2D eigenvalue weighted by Gasteiger charge is 2.20. The van der Waals surface area contributed by atoms with E-state index in [0.29, 0.717) is 5.76 Å². The van der Waals surface area contributed by atoms with E-state index in [0.717, 1.165) is 23.3 Å². The van der Waals surface area contributed by atoms with Gasteiger partial charge in [0.2, 0.25) is 5.76 Å². The standard InChI is InChI=1S/C19H24O4/c1-6-13-7-8-16(15(9-13)19(3,4)5)22-11-14-10-17(18(20)21)23-12(14)2/h7-10H,6,11H2,1-5H3,(H,20,21). The Balaban J connectivity index is 2.25. The molecule has 0 fully saturated rings. The molecule has 0 spiro atoms. The highest BCUT2D eigenvalue weighted by atomic mass is 16.5. The molecule has 1 aromatic heterocycles. The summed E-state index contributed by atoms with van der Waals surface area (Å²) in [4.78, 5) is 11.0. The Morgan fingerprint density at radius 3 is 2.48 bits per heavy atom. The number of aryl methyl sites for hydroxylation is 2. The lowest BCUT2D eigenvalue weighted by atomic mass is 9.85. The molecular formula is C19H24O4.